The van der Waals surface area contributed by atoms with Crippen molar-refractivity contribution in [2.45, 2.75) is 12.8 Å². The van der Waals surface area contributed by atoms with Crippen LogP contribution in [-0.4, -0.2) is 19.0 Å². The summed E-state index contributed by atoms with van der Waals surface area (Å²) >= 11 is 0. The fraction of sp³-hybridized carbons (Fsp3) is 0.417. The Bertz CT molecular complexity index is 461. The highest BCUT2D eigenvalue weighted by atomic mass is 19.2. The van der Waals surface area contributed by atoms with Crippen LogP contribution in [0, 0.1) is 23.4 Å². The van der Waals surface area contributed by atoms with Gasteiger partial charge in [-0.05, 0) is 18.8 Å². The Morgan fingerprint density at radius 3 is 2.67 bits per heavy atom. The van der Waals surface area contributed by atoms with Crippen molar-refractivity contribution in [3.63, 3.8) is 0 Å². The van der Waals surface area contributed by atoms with Gasteiger partial charge in [0.25, 0.3) is 0 Å². The van der Waals surface area contributed by atoms with Crippen molar-refractivity contribution in [1.82, 2.24) is 5.32 Å². The third-order valence-electron chi connectivity index (χ3n) is 2.72. The summed E-state index contributed by atoms with van der Waals surface area (Å²) in [5, 5.41) is 5.02. The number of amides is 1. The fourth-order valence-electron chi connectivity index (χ4n) is 1.50. The van der Waals surface area contributed by atoms with Crippen LogP contribution in [0.2, 0.25) is 0 Å². The normalized spacial score (nSPS) is 14.4. The number of hydrogen-bond donors (Lipinski definition) is 2. The predicted octanol–water partition coefficient (Wildman–Crippen LogP) is 2.04. The molecule has 2 N–H and O–H groups in total. The monoisotopic (exact) mass is 258 g/mol. The molecule has 0 spiro atoms. The molecule has 1 amide bonds. The van der Waals surface area contributed by atoms with Gasteiger partial charge in [0.1, 0.15) is 5.82 Å². The highest BCUT2D eigenvalue weighted by Crippen LogP contribution is 2.27. The molecular weight excluding hydrogens is 245 g/mol. The van der Waals surface area contributed by atoms with E-state index >= 15 is 0 Å². The Labute approximate surface area is 102 Å². The smallest absolute Gasteiger partial charge is 0.239 e. The van der Waals surface area contributed by atoms with Gasteiger partial charge in [-0.25, -0.2) is 13.2 Å². The Morgan fingerprint density at radius 1 is 1.28 bits per heavy atom. The molecule has 1 aromatic rings. The summed E-state index contributed by atoms with van der Waals surface area (Å²) in [6, 6.07) is 1.26. The van der Waals surface area contributed by atoms with E-state index in [9.17, 15) is 18.0 Å². The summed E-state index contributed by atoms with van der Waals surface area (Å²) < 4.78 is 38.9. The molecule has 0 aromatic heterocycles. The van der Waals surface area contributed by atoms with Crippen molar-refractivity contribution in [3.8, 4) is 0 Å². The van der Waals surface area contributed by atoms with Gasteiger partial charge in [-0.2, -0.15) is 0 Å². The maximum atomic E-state index is 13.2. The second-order valence-corrected chi connectivity index (χ2v) is 4.35. The second kappa shape index (κ2) is 5.29. The molecule has 3 nitrogen and oxygen atoms in total. The lowest BCUT2D eigenvalue weighted by Crippen LogP contribution is -2.31. The van der Waals surface area contributed by atoms with Gasteiger partial charge in [0, 0.05) is 18.7 Å². The Morgan fingerprint density at radius 2 is 2.00 bits per heavy atom. The van der Waals surface area contributed by atoms with E-state index in [0.717, 1.165) is 18.9 Å². The van der Waals surface area contributed by atoms with Gasteiger partial charge in [-0.1, -0.05) is 0 Å². The van der Waals surface area contributed by atoms with Gasteiger partial charge in [0.05, 0.1) is 12.2 Å². The Hall–Kier alpha value is -1.72. The van der Waals surface area contributed by atoms with Crippen molar-refractivity contribution < 1.29 is 18.0 Å². The number of rotatable bonds is 5. The molecule has 0 aliphatic heterocycles. The predicted molar refractivity (Wildman–Crippen MR) is 60.5 cm³/mol. The first kappa shape index (κ1) is 12.7. The van der Waals surface area contributed by atoms with Crippen LogP contribution in [0.15, 0.2) is 12.1 Å². The quantitative estimate of drug-likeness (QED) is 0.793. The molecule has 1 aromatic carbocycles. The van der Waals surface area contributed by atoms with Crippen LogP contribution < -0.4 is 10.6 Å². The maximum Gasteiger partial charge on any atom is 0.239 e. The van der Waals surface area contributed by atoms with Gasteiger partial charge < -0.3 is 10.6 Å². The lowest BCUT2D eigenvalue weighted by molar-refractivity contribution is -0.119. The first-order valence-electron chi connectivity index (χ1n) is 5.71. The van der Waals surface area contributed by atoms with Crippen molar-refractivity contribution >= 4 is 11.6 Å². The molecule has 0 atom stereocenters. The lowest BCUT2D eigenvalue weighted by Gasteiger charge is -2.08. The first-order valence-corrected chi connectivity index (χ1v) is 5.71. The number of halogens is 3. The number of anilines is 1. The van der Waals surface area contributed by atoms with Gasteiger partial charge in [0.15, 0.2) is 11.6 Å². The maximum absolute atomic E-state index is 13.2. The third-order valence-corrected chi connectivity index (χ3v) is 2.72. The second-order valence-electron chi connectivity index (χ2n) is 4.35. The van der Waals surface area contributed by atoms with Gasteiger partial charge in [-0.15, -0.1) is 0 Å². The summed E-state index contributed by atoms with van der Waals surface area (Å²) in [4.78, 5) is 11.3. The third kappa shape index (κ3) is 3.38. The van der Waals surface area contributed by atoms with E-state index in [1.165, 1.54) is 0 Å². The molecule has 1 aliphatic rings. The van der Waals surface area contributed by atoms with E-state index < -0.39 is 17.5 Å². The highest BCUT2D eigenvalue weighted by molar-refractivity contribution is 5.80. The molecule has 0 heterocycles. The van der Waals surface area contributed by atoms with Gasteiger partial charge in [-0.3, -0.25) is 4.79 Å². The molecule has 18 heavy (non-hydrogen) atoms. The van der Waals surface area contributed by atoms with Gasteiger partial charge in [0.2, 0.25) is 5.91 Å². The average Bonchev–Trinajstić information content (AvgIpc) is 3.13. The zero-order chi connectivity index (χ0) is 13.1. The van der Waals surface area contributed by atoms with Crippen LogP contribution in [-0.2, 0) is 4.79 Å². The van der Waals surface area contributed by atoms with E-state index in [-0.39, 0.29) is 18.1 Å². The summed E-state index contributed by atoms with van der Waals surface area (Å²) in [6.07, 6.45) is 2.22. The van der Waals surface area contributed by atoms with Crippen molar-refractivity contribution in [2.75, 3.05) is 18.4 Å². The van der Waals surface area contributed by atoms with E-state index in [4.69, 9.17) is 0 Å². The van der Waals surface area contributed by atoms with Crippen LogP contribution in [0.5, 0.6) is 0 Å². The summed E-state index contributed by atoms with van der Waals surface area (Å²) in [7, 11) is 0. The highest BCUT2D eigenvalue weighted by Gasteiger charge is 2.21. The van der Waals surface area contributed by atoms with E-state index in [0.29, 0.717) is 18.5 Å². The van der Waals surface area contributed by atoms with E-state index in [1.54, 1.807) is 0 Å². The number of benzene rings is 1. The minimum Gasteiger partial charge on any atom is -0.374 e. The molecule has 1 saturated carbocycles. The molecule has 1 aliphatic carbocycles. The molecule has 6 heteroatoms. The zero-order valence-corrected chi connectivity index (χ0v) is 9.60. The summed E-state index contributed by atoms with van der Waals surface area (Å²) in [6.45, 7) is 0.382. The first-order chi connectivity index (χ1) is 8.56. The van der Waals surface area contributed by atoms with Crippen LogP contribution >= 0.6 is 0 Å². The standard InChI is InChI=1S/C12H13F3N2O/c13-8-3-9(14)12(15)10(4-8)16-6-11(18)17-5-7-1-2-7/h3-4,7,16H,1-2,5-6H2,(H,17,18). The SMILES string of the molecule is O=C(CNc1cc(F)cc(F)c1F)NCC1CC1. The largest absolute Gasteiger partial charge is 0.374 e. The minimum absolute atomic E-state index is 0.216. The Balaban J connectivity index is 1.86. The van der Waals surface area contributed by atoms with Crippen molar-refractivity contribution in [1.29, 1.82) is 0 Å². The molecule has 2 rings (SSSR count). The number of carbonyl (C=O) groups is 1. The van der Waals surface area contributed by atoms with Crippen molar-refractivity contribution in [2.24, 2.45) is 5.92 Å². The molecule has 98 valence electrons. The molecule has 0 radical (unpaired) electrons. The molecular formula is C12H13F3N2O. The molecule has 1 fully saturated rings. The molecule has 0 bridgehead atoms. The number of hydrogen-bond acceptors (Lipinski definition) is 2. The van der Waals surface area contributed by atoms with Crippen LogP contribution in [0.1, 0.15) is 12.8 Å². The van der Waals surface area contributed by atoms with Gasteiger partial charge >= 0.3 is 0 Å². The fourth-order valence-corrected chi connectivity index (χ4v) is 1.50. The number of carbonyl (C=O) groups excluding carboxylic acids is 1. The summed E-state index contributed by atoms with van der Waals surface area (Å²) in [5.41, 5.74) is -0.353. The Kier molecular flexibility index (Phi) is 3.74. The molecule has 0 unspecified atom stereocenters. The topological polar surface area (TPSA) is 41.1 Å². The summed E-state index contributed by atoms with van der Waals surface area (Å²) in [5.74, 6) is -3.15. The van der Waals surface area contributed by atoms with Crippen LogP contribution in [0.25, 0.3) is 0 Å². The van der Waals surface area contributed by atoms with Crippen molar-refractivity contribution in [3.05, 3.63) is 29.6 Å². The van der Waals surface area contributed by atoms with Crippen LogP contribution in [0.4, 0.5) is 18.9 Å². The average molecular weight is 258 g/mol. The zero-order valence-electron chi connectivity index (χ0n) is 9.60. The lowest BCUT2D eigenvalue weighted by atomic mass is 10.2. The minimum atomic E-state index is -1.28. The van der Waals surface area contributed by atoms with Crippen LogP contribution in [0.3, 0.4) is 0 Å². The van der Waals surface area contributed by atoms with E-state index in [2.05, 4.69) is 10.6 Å². The number of nitrogens with one attached hydrogen (secondary N) is 2. The molecule has 0 saturated heterocycles. The van der Waals surface area contributed by atoms with E-state index in [1.807, 2.05) is 0 Å².